The molecule has 0 aliphatic carbocycles. The zero-order valence-corrected chi connectivity index (χ0v) is 11.0. The summed E-state index contributed by atoms with van der Waals surface area (Å²) in [4.78, 5) is 21.0. The van der Waals surface area contributed by atoms with Crippen LogP contribution in [0.1, 0.15) is 56.8 Å². The highest BCUT2D eigenvalue weighted by Crippen LogP contribution is 1.98. The number of ketones is 2. The summed E-state index contributed by atoms with van der Waals surface area (Å²) in [6, 6.07) is 9.23. The summed E-state index contributed by atoms with van der Waals surface area (Å²) in [7, 11) is 0. The molecule has 0 saturated carbocycles. The van der Waals surface area contributed by atoms with E-state index >= 15 is 0 Å². The second-order valence-corrected chi connectivity index (χ2v) is 4.08. The standard InChI is InChI=1S/C8H8O.C7H14O/c1-7(9)8-5-3-2-4-6-8;1-3-4-5-6-7(2)8/h2-6H,1H3;3-6H2,1-2H3. The van der Waals surface area contributed by atoms with Gasteiger partial charge in [-0.25, -0.2) is 0 Å². The van der Waals surface area contributed by atoms with Crippen LogP contribution in [0.5, 0.6) is 0 Å². The molecular formula is C15H22O2. The molecular weight excluding hydrogens is 212 g/mol. The first-order chi connectivity index (χ1) is 8.07. The van der Waals surface area contributed by atoms with Crippen LogP contribution in [0.3, 0.4) is 0 Å². The molecule has 1 aromatic carbocycles. The van der Waals surface area contributed by atoms with E-state index in [0.717, 1.165) is 18.4 Å². The Morgan fingerprint density at radius 2 is 1.59 bits per heavy atom. The molecule has 1 rings (SSSR count). The summed E-state index contributed by atoms with van der Waals surface area (Å²) in [5.41, 5.74) is 0.775. The third kappa shape index (κ3) is 9.49. The number of benzene rings is 1. The minimum absolute atomic E-state index is 0.121. The number of unbranched alkanes of at least 4 members (excludes halogenated alkanes) is 2. The van der Waals surface area contributed by atoms with E-state index in [9.17, 15) is 9.59 Å². The van der Waals surface area contributed by atoms with Crippen molar-refractivity contribution in [2.45, 2.75) is 46.5 Å². The second-order valence-electron chi connectivity index (χ2n) is 4.08. The van der Waals surface area contributed by atoms with Crippen molar-refractivity contribution in [1.82, 2.24) is 0 Å². The lowest BCUT2D eigenvalue weighted by Crippen LogP contribution is -1.88. The van der Waals surface area contributed by atoms with Gasteiger partial charge in [-0.1, -0.05) is 50.1 Å². The van der Waals surface area contributed by atoms with Crippen molar-refractivity contribution in [3.63, 3.8) is 0 Å². The number of carbonyl (C=O) groups is 2. The Bertz CT molecular complexity index is 328. The maximum Gasteiger partial charge on any atom is 0.159 e. The van der Waals surface area contributed by atoms with Gasteiger partial charge < -0.3 is 4.79 Å². The molecule has 2 heteroatoms. The van der Waals surface area contributed by atoms with Crippen LogP contribution in [0, 0.1) is 0 Å². The Morgan fingerprint density at radius 3 is 1.94 bits per heavy atom. The minimum Gasteiger partial charge on any atom is -0.300 e. The highest BCUT2D eigenvalue weighted by atomic mass is 16.1. The van der Waals surface area contributed by atoms with Crippen LogP contribution in [0.15, 0.2) is 30.3 Å². The highest BCUT2D eigenvalue weighted by Gasteiger charge is 1.92. The van der Waals surface area contributed by atoms with Gasteiger partial charge in [-0.15, -0.1) is 0 Å². The molecule has 0 unspecified atom stereocenters. The fourth-order valence-electron chi connectivity index (χ4n) is 1.30. The smallest absolute Gasteiger partial charge is 0.159 e. The van der Waals surface area contributed by atoms with Crippen LogP contribution in [0.2, 0.25) is 0 Å². The summed E-state index contributed by atoms with van der Waals surface area (Å²) in [5, 5.41) is 0. The summed E-state index contributed by atoms with van der Waals surface area (Å²) in [6.07, 6.45) is 4.24. The molecule has 1 aromatic rings. The fourth-order valence-corrected chi connectivity index (χ4v) is 1.30. The van der Waals surface area contributed by atoms with Crippen molar-refractivity contribution in [2.24, 2.45) is 0 Å². The number of rotatable bonds is 5. The normalized spacial score (nSPS) is 9.12. The van der Waals surface area contributed by atoms with Gasteiger partial charge in [0.15, 0.2) is 5.78 Å². The average Bonchev–Trinajstić information content (AvgIpc) is 2.31. The Labute approximate surface area is 104 Å². The largest absolute Gasteiger partial charge is 0.300 e. The van der Waals surface area contributed by atoms with E-state index in [2.05, 4.69) is 6.92 Å². The van der Waals surface area contributed by atoms with Crippen molar-refractivity contribution >= 4 is 11.6 Å². The first-order valence-corrected chi connectivity index (χ1v) is 6.13. The van der Waals surface area contributed by atoms with E-state index in [1.165, 1.54) is 12.8 Å². The molecule has 0 N–H and O–H groups in total. The van der Waals surface area contributed by atoms with Crippen molar-refractivity contribution < 1.29 is 9.59 Å². The monoisotopic (exact) mass is 234 g/mol. The first-order valence-electron chi connectivity index (χ1n) is 6.13. The molecule has 94 valence electrons. The molecule has 0 bridgehead atoms. The molecule has 17 heavy (non-hydrogen) atoms. The lowest BCUT2D eigenvalue weighted by Gasteiger charge is -1.90. The number of carbonyl (C=O) groups excluding carboxylic acids is 2. The molecule has 0 amide bonds. The lowest BCUT2D eigenvalue weighted by molar-refractivity contribution is -0.117. The molecule has 0 aromatic heterocycles. The van der Waals surface area contributed by atoms with E-state index in [0.29, 0.717) is 5.78 Å². The zero-order chi connectivity index (χ0) is 13.1. The summed E-state index contributed by atoms with van der Waals surface area (Å²) in [5.74, 6) is 0.439. The van der Waals surface area contributed by atoms with Crippen LogP contribution in [-0.2, 0) is 4.79 Å². The van der Waals surface area contributed by atoms with Crippen molar-refractivity contribution in [2.75, 3.05) is 0 Å². The second kappa shape index (κ2) is 9.76. The molecule has 0 atom stereocenters. The van der Waals surface area contributed by atoms with E-state index in [1.54, 1.807) is 13.8 Å². The quantitative estimate of drug-likeness (QED) is 0.569. The Hall–Kier alpha value is -1.44. The maximum atomic E-state index is 10.6. The van der Waals surface area contributed by atoms with E-state index in [1.807, 2.05) is 30.3 Å². The van der Waals surface area contributed by atoms with Crippen molar-refractivity contribution in [1.29, 1.82) is 0 Å². The Kier molecular flexibility index (Phi) is 8.94. The molecule has 0 radical (unpaired) electrons. The van der Waals surface area contributed by atoms with Crippen LogP contribution >= 0.6 is 0 Å². The lowest BCUT2D eigenvalue weighted by atomic mass is 10.2. The maximum absolute atomic E-state index is 10.6. The molecule has 0 aliphatic heterocycles. The summed E-state index contributed by atoms with van der Waals surface area (Å²) >= 11 is 0. The third-order valence-electron chi connectivity index (χ3n) is 2.31. The van der Waals surface area contributed by atoms with Gasteiger partial charge in [0.2, 0.25) is 0 Å². The Morgan fingerprint density at radius 1 is 1.00 bits per heavy atom. The van der Waals surface area contributed by atoms with Crippen molar-refractivity contribution in [3.8, 4) is 0 Å². The van der Waals surface area contributed by atoms with Gasteiger partial charge >= 0.3 is 0 Å². The summed E-state index contributed by atoms with van der Waals surface area (Å²) < 4.78 is 0. The predicted molar refractivity (Wildman–Crippen MR) is 71.3 cm³/mol. The summed E-state index contributed by atoms with van der Waals surface area (Å²) in [6.45, 7) is 5.35. The molecule has 0 spiro atoms. The topological polar surface area (TPSA) is 34.1 Å². The van der Waals surface area contributed by atoms with Crippen LogP contribution in [0.4, 0.5) is 0 Å². The molecule has 0 saturated heterocycles. The highest BCUT2D eigenvalue weighted by molar-refractivity contribution is 5.93. The van der Waals surface area contributed by atoms with Gasteiger partial charge in [-0.2, -0.15) is 0 Å². The minimum atomic E-state index is 0.121. The third-order valence-corrected chi connectivity index (χ3v) is 2.31. The van der Waals surface area contributed by atoms with Crippen LogP contribution < -0.4 is 0 Å². The van der Waals surface area contributed by atoms with Gasteiger partial charge in [0.05, 0.1) is 0 Å². The van der Waals surface area contributed by atoms with Crippen molar-refractivity contribution in [3.05, 3.63) is 35.9 Å². The number of Topliss-reactive ketones (excluding diaryl/α,β-unsaturated/α-hetero) is 2. The molecule has 0 heterocycles. The van der Waals surface area contributed by atoms with Gasteiger partial charge in [-0.05, 0) is 20.3 Å². The van der Waals surface area contributed by atoms with Crippen LogP contribution in [0.25, 0.3) is 0 Å². The zero-order valence-electron chi connectivity index (χ0n) is 11.0. The van der Waals surface area contributed by atoms with Gasteiger partial charge in [0, 0.05) is 12.0 Å². The fraction of sp³-hybridized carbons (Fsp3) is 0.467. The molecule has 0 fully saturated rings. The molecule has 2 nitrogen and oxygen atoms in total. The van der Waals surface area contributed by atoms with E-state index in [4.69, 9.17) is 0 Å². The first kappa shape index (κ1) is 15.6. The van der Waals surface area contributed by atoms with Crippen LogP contribution in [-0.4, -0.2) is 11.6 Å². The predicted octanol–water partition coefficient (Wildman–Crippen LogP) is 4.04. The van der Waals surface area contributed by atoms with Gasteiger partial charge in [0.1, 0.15) is 5.78 Å². The van der Waals surface area contributed by atoms with E-state index < -0.39 is 0 Å². The average molecular weight is 234 g/mol. The van der Waals surface area contributed by atoms with Gasteiger partial charge in [0.25, 0.3) is 0 Å². The number of hydrogen-bond acceptors (Lipinski definition) is 2. The molecule has 0 aliphatic rings. The Balaban J connectivity index is 0.000000304. The van der Waals surface area contributed by atoms with Gasteiger partial charge in [-0.3, -0.25) is 4.79 Å². The SMILES string of the molecule is CC(=O)c1ccccc1.CCCCCC(C)=O. The van der Waals surface area contributed by atoms with E-state index in [-0.39, 0.29) is 5.78 Å². The number of hydrogen-bond donors (Lipinski definition) is 0.